The fourth-order valence-corrected chi connectivity index (χ4v) is 3.59. The van der Waals surface area contributed by atoms with E-state index in [1.165, 1.54) is 0 Å². The van der Waals surface area contributed by atoms with Gasteiger partial charge in [0, 0.05) is 18.0 Å². The van der Waals surface area contributed by atoms with E-state index < -0.39 is 0 Å². The van der Waals surface area contributed by atoms with Crippen molar-refractivity contribution in [2.24, 2.45) is 0 Å². The second kappa shape index (κ2) is 9.41. The predicted octanol–water partition coefficient (Wildman–Crippen LogP) is 5.17. The molecule has 1 unspecified atom stereocenters. The van der Waals surface area contributed by atoms with Crippen molar-refractivity contribution < 1.29 is 4.79 Å². The van der Waals surface area contributed by atoms with Crippen LogP contribution >= 0.6 is 11.8 Å². The lowest BCUT2D eigenvalue weighted by Crippen LogP contribution is -2.34. The number of rotatable bonds is 8. The fraction of sp³-hybridized carbons (Fsp3) is 0.350. The van der Waals surface area contributed by atoms with Gasteiger partial charge in [0.1, 0.15) is 5.25 Å². The molecule has 0 heterocycles. The highest BCUT2D eigenvalue weighted by Crippen LogP contribution is 2.36. The van der Waals surface area contributed by atoms with Crippen molar-refractivity contribution >= 4 is 17.7 Å². The van der Waals surface area contributed by atoms with Crippen molar-refractivity contribution in [2.75, 3.05) is 13.1 Å². The zero-order valence-corrected chi connectivity index (χ0v) is 14.8. The predicted molar refractivity (Wildman–Crippen MR) is 98.6 cm³/mol. The Bertz CT molecular complexity index is 585. The summed E-state index contributed by atoms with van der Waals surface area (Å²) < 4.78 is 0. The normalized spacial score (nSPS) is 11.9. The van der Waals surface area contributed by atoms with Crippen LogP contribution in [0.1, 0.15) is 37.5 Å². The molecule has 1 atom stereocenters. The third kappa shape index (κ3) is 5.14. The largest absolute Gasteiger partial charge is 0.342 e. The Hall–Kier alpha value is -1.74. The topological polar surface area (TPSA) is 20.3 Å². The monoisotopic (exact) mass is 327 g/mol. The van der Waals surface area contributed by atoms with Crippen LogP contribution in [0.3, 0.4) is 0 Å². The Morgan fingerprint density at radius 2 is 1.61 bits per heavy atom. The summed E-state index contributed by atoms with van der Waals surface area (Å²) in [5.41, 5.74) is 1.07. The number of hydrogen-bond acceptors (Lipinski definition) is 2. The number of likely N-dealkylation sites (N-methyl/N-ethyl adjacent to an activating group) is 1. The van der Waals surface area contributed by atoms with Crippen LogP contribution in [0.5, 0.6) is 0 Å². The zero-order valence-electron chi connectivity index (χ0n) is 13.9. The molecular weight excluding hydrogens is 302 g/mol. The number of benzene rings is 2. The molecule has 0 aliphatic heterocycles. The zero-order chi connectivity index (χ0) is 16.5. The van der Waals surface area contributed by atoms with Gasteiger partial charge in [-0.05, 0) is 31.0 Å². The molecule has 0 N–H and O–H groups in total. The molecule has 122 valence electrons. The van der Waals surface area contributed by atoms with Crippen LogP contribution < -0.4 is 0 Å². The number of hydrogen-bond donors (Lipinski definition) is 0. The van der Waals surface area contributed by atoms with Gasteiger partial charge in [-0.25, -0.2) is 0 Å². The molecule has 3 heteroatoms. The molecule has 2 aromatic carbocycles. The SMILES string of the molecule is CCCCN(CC)C(=O)C(Sc1ccccc1)c1ccccc1. The summed E-state index contributed by atoms with van der Waals surface area (Å²) in [5, 5.41) is -0.185. The number of unbranched alkanes of at least 4 members (excludes halogenated alkanes) is 1. The first-order chi connectivity index (χ1) is 11.3. The Balaban J connectivity index is 2.24. The molecule has 2 aromatic rings. The number of nitrogens with zero attached hydrogens (tertiary/aromatic N) is 1. The Labute approximate surface area is 143 Å². The second-order valence-electron chi connectivity index (χ2n) is 5.49. The van der Waals surface area contributed by atoms with Crippen LogP contribution in [-0.2, 0) is 4.79 Å². The molecule has 1 amide bonds. The van der Waals surface area contributed by atoms with Crippen molar-refractivity contribution in [3.05, 3.63) is 66.2 Å². The summed E-state index contributed by atoms with van der Waals surface area (Å²) in [6.45, 7) is 5.82. The van der Waals surface area contributed by atoms with Gasteiger partial charge in [0.05, 0.1) is 0 Å². The first-order valence-electron chi connectivity index (χ1n) is 8.31. The van der Waals surface area contributed by atoms with Gasteiger partial charge in [-0.1, -0.05) is 61.9 Å². The summed E-state index contributed by atoms with van der Waals surface area (Å²) in [5.74, 6) is 0.209. The highest BCUT2D eigenvalue weighted by Gasteiger charge is 2.25. The van der Waals surface area contributed by atoms with E-state index in [4.69, 9.17) is 0 Å². The van der Waals surface area contributed by atoms with Crippen molar-refractivity contribution in [1.29, 1.82) is 0 Å². The van der Waals surface area contributed by atoms with Crippen molar-refractivity contribution in [3.63, 3.8) is 0 Å². The highest BCUT2D eigenvalue weighted by atomic mass is 32.2. The summed E-state index contributed by atoms with van der Waals surface area (Å²) in [6.07, 6.45) is 2.16. The summed E-state index contributed by atoms with van der Waals surface area (Å²) in [4.78, 5) is 16.2. The maximum Gasteiger partial charge on any atom is 0.240 e. The van der Waals surface area contributed by atoms with Gasteiger partial charge >= 0.3 is 0 Å². The van der Waals surface area contributed by atoms with E-state index in [2.05, 4.69) is 26.0 Å². The molecule has 2 nitrogen and oxygen atoms in total. The van der Waals surface area contributed by atoms with Gasteiger partial charge in [-0.2, -0.15) is 0 Å². The van der Waals surface area contributed by atoms with Crippen LogP contribution in [-0.4, -0.2) is 23.9 Å². The first-order valence-corrected chi connectivity index (χ1v) is 9.19. The molecule has 0 aliphatic rings. The standard InChI is InChI=1S/C20H25NOS/c1-3-5-16-21(4-2)20(22)19(17-12-8-6-9-13-17)23-18-14-10-7-11-15-18/h6-15,19H,3-5,16H2,1-2H3. The second-order valence-corrected chi connectivity index (χ2v) is 6.67. The van der Waals surface area contributed by atoms with E-state index in [1.807, 2.05) is 53.4 Å². The maximum absolute atomic E-state index is 13.1. The van der Waals surface area contributed by atoms with Gasteiger partial charge in [0.15, 0.2) is 0 Å². The average Bonchev–Trinajstić information content (AvgIpc) is 2.62. The number of thioether (sulfide) groups is 1. The van der Waals surface area contributed by atoms with Crippen molar-refractivity contribution in [2.45, 2.75) is 36.8 Å². The number of carbonyl (C=O) groups is 1. The van der Waals surface area contributed by atoms with E-state index in [1.54, 1.807) is 11.8 Å². The third-order valence-corrected chi connectivity index (χ3v) is 5.05. The molecule has 0 saturated heterocycles. The van der Waals surface area contributed by atoms with Gasteiger partial charge in [0.2, 0.25) is 5.91 Å². The maximum atomic E-state index is 13.1. The van der Waals surface area contributed by atoms with Crippen molar-refractivity contribution in [3.8, 4) is 0 Å². The summed E-state index contributed by atoms with van der Waals surface area (Å²) in [6, 6.07) is 20.3. The smallest absolute Gasteiger partial charge is 0.240 e. The van der Waals surface area contributed by atoms with Crippen LogP contribution in [0.25, 0.3) is 0 Å². The summed E-state index contributed by atoms with van der Waals surface area (Å²) >= 11 is 1.64. The highest BCUT2D eigenvalue weighted by molar-refractivity contribution is 8.00. The quantitative estimate of drug-likeness (QED) is 0.624. The van der Waals surface area contributed by atoms with Crippen LogP contribution in [0.15, 0.2) is 65.6 Å². The molecular formula is C20H25NOS. The van der Waals surface area contributed by atoms with Crippen LogP contribution in [0, 0.1) is 0 Å². The van der Waals surface area contributed by atoms with Gasteiger partial charge < -0.3 is 4.90 Å². The van der Waals surface area contributed by atoms with Crippen LogP contribution in [0.2, 0.25) is 0 Å². The van der Waals surface area contributed by atoms with E-state index in [0.29, 0.717) is 0 Å². The minimum absolute atomic E-state index is 0.185. The Kier molecular flexibility index (Phi) is 7.21. The number of amides is 1. The first kappa shape index (κ1) is 17.6. The Morgan fingerprint density at radius 3 is 2.17 bits per heavy atom. The number of carbonyl (C=O) groups excluding carboxylic acids is 1. The molecule has 0 saturated carbocycles. The molecule has 0 aromatic heterocycles. The molecule has 0 fully saturated rings. The van der Waals surface area contributed by atoms with E-state index in [9.17, 15) is 4.79 Å². The molecule has 0 radical (unpaired) electrons. The molecule has 0 bridgehead atoms. The lowest BCUT2D eigenvalue weighted by molar-refractivity contribution is -0.130. The average molecular weight is 327 g/mol. The van der Waals surface area contributed by atoms with E-state index in [-0.39, 0.29) is 11.2 Å². The molecule has 2 rings (SSSR count). The van der Waals surface area contributed by atoms with Gasteiger partial charge in [-0.15, -0.1) is 11.8 Å². The third-order valence-electron chi connectivity index (χ3n) is 3.80. The van der Waals surface area contributed by atoms with E-state index in [0.717, 1.165) is 36.4 Å². The molecule has 23 heavy (non-hydrogen) atoms. The lowest BCUT2D eigenvalue weighted by atomic mass is 10.1. The van der Waals surface area contributed by atoms with Gasteiger partial charge in [0.25, 0.3) is 0 Å². The lowest BCUT2D eigenvalue weighted by Gasteiger charge is -2.26. The molecule has 0 spiro atoms. The summed E-state index contributed by atoms with van der Waals surface area (Å²) in [7, 11) is 0. The van der Waals surface area contributed by atoms with Crippen molar-refractivity contribution in [1.82, 2.24) is 4.90 Å². The minimum Gasteiger partial charge on any atom is -0.342 e. The van der Waals surface area contributed by atoms with Gasteiger partial charge in [-0.3, -0.25) is 4.79 Å². The molecule has 0 aliphatic carbocycles. The van der Waals surface area contributed by atoms with Crippen LogP contribution in [0.4, 0.5) is 0 Å². The Morgan fingerprint density at radius 1 is 1.00 bits per heavy atom. The fourth-order valence-electron chi connectivity index (χ4n) is 2.46. The van der Waals surface area contributed by atoms with E-state index >= 15 is 0 Å². The minimum atomic E-state index is -0.185.